The molecule has 0 aromatic rings. The Balaban J connectivity index is 2.60. The summed E-state index contributed by atoms with van der Waals surface area (Å²) >= 11 is 0. The monoisotopic (exact) mass is 288 g/mol. The molecule has 114 valence electrons. The molecule has 1 rings (SSSR count). The second-order valence-corrected chi connectivity index (χ2v) is 6.82. The highest BCUT2D eigenvalue weighted by Gasteiger charge is 2.34. The van der Waals surface area contributed by atoms with E-state index in [0.717, 1.165) is 37.5 Å². The summed E-state index contributed by atoms with van der Waals surface area (Å²) in [6, 6.07) is 1.53. The zero-order valence-electron chi connectivity index (χ0n) is 14.7. The predicted octanol–water partition coefficient (Wildman–Crippen LogP) is -3.41. The minimum absolute atomic E-state index is 0.408. The van der Waals surface area contributed by atoms with Gasteiger partial charge < -0.3 is 30.1 Å². The molecule has 1 saturated heterocycles. The molecule has 1 aliphatic heterocycles. The Morgan fingerprint density at radius 2 is 1.24 bits per heavy atom. The van der Waals surface area contributed by atoms with Gasteiger partial charge in [-0.25, -0.2) is 0 Å². The van der Waals surface area contributed by atoms with Crippen molar-refractivity contribution in [3.05, 3.63) is 0 Å². The summed E-state index contributed by atoms with van der Waals surface area (Å²) in [5.41, 5.74) is 0. The lowest BCUT2D eigenvalue weighted by Gasteiger charge is -2.42. The molecule has 0 saturated carbocycles. The van der Waals surface area contributed by atoms with Crippen LogP contribution in [0.15, 0.2) is 0 Å². The molecule has 1 aliphatic rings. The lowest BCUT2D eigenvalue weighted by atomic mass is 9.33. The molecule has 1 fully saturated rings. The maximum atomic E-state index is 3.58. The Morgan fingerprint density at radius 1 is 0.810 bits per heavy atom. The fourth-order valence-electron chi connectivity index (χ4n) is 2.30. The molecule has 0 amide bonds. The van der Waals surface area contributed by atoms with Gasteiger partial charge in [-0.15, -0.1) is 0 Å². The lowest BCUT2D eigenvalue weighted by molar-refractivity contribution is 0.708. The third kappa shape index (κ3) is 7.81. The van der Waals surface area contributed by atoms with Crippen LogP contribution in [0.2, 0.25) is 0 Å². The molecular weight excluding hydrogens is 257 g/mol. The van der Waals surface area contributed by atoms with Crippen LogP contribution >= 0.6 is 0 Å². The third-order valence-electron chi connectivity index (χ3n) is 3.59. The minimum atomic E-state index is 0.408. The SMILES string of the molecule is CC(C)NBB1N(BNC(C)C)BNBN1BNC(C)C. The van der Waals surface area contributed by atoms with Crippen molar-refractivity contribution in [3.8, 4) is 0 Å². The third-order valence-corrected chi connectivity index (χ3v) is 3.59. The molecule has 0 spiro atoms. The first-order chi connectivity index (χ1) is 9.90. The fourth-order valence-corrected chi connectivity index (χ4v) is 2.30. The van der Waals surface area contributed by atoms with E-state index < -0.39 is 0 Å². The van der Waals surface area contributed by atoms with Gasteiger partial charge in [0.05, 0.1) is 0 Å². The van der Waals surface area contributed by atoms with Crippen molar-refractivity contribution >= 4 is 44.4 Å². The number of rotatable bonds is 9. The van der Waals surface area contributed by atoms with Gasteiger partial charge in [-0.2, -0.15) is 0 Å². The van der Waals surface area contributed by atoms with Crippen LogP contribution in [0.4, 0.5) is 0 Å². The Kier molecular flexibility index (Phi) is 9.16. The second-order valence-electron chi connectivity index (χ2n) is 6.82. The highest BCUT2D eigenvalue weighted by Crippen LogP contribution is 1.99. The Morgan fingerprint density at radius 3 is 1.62 bits per heavy atom. The maximum absolute atomic E-state index is 3.58. The lowest BCUT2D eigenvalue weighted by Crippen LogP contribution is -2.75. The van der Waals surface area contributed by atoms with Gasteiger partial charge in [0.15, 0.2) is 0 Å². The molecule has 4 N–H and O–H groups in total. The molecular formula is C9H30B6N6. The normalized spacial score (nSPS) is 17.1. The number of nitrogens with one attached hydrogen (secondary N) is 4. The van der Waals surface area contributed by atoms with E-state index in [1.54, 1.807) is 0 Å². The van der Waals surface area contributed by atoms with Crippen molar-refractivity contribution in [2.75, 3.05) is 0 Å². The van der Waals surface area contributed by atoms with Crippen LogP contribution in [0, 0.1) is 0 Å². The Labute approximate surface area is 134 Å². The van der Waals surface area contributed by atoms with E-state index in [1.165, 1.54) is 0 Å². The maximum Gasteiger partial charge on any atom is 0.267 e. The molecule has 0 aliphatic carbocycles. The number of nitrogens with zero attached hydrogens (tertiary/aromatic N) is 2. The van der Waals surface area contributed by atoms with Crippen LogP contribution in [0.5, 0.6) is 0 Å². The van der Waals surface area contributed by atoms with Gasteiger partial charge in [-0.05, 0) is 18.1 Å². The smallest absolute Gasteiger partial charge is 0.267 e. The standard InChI is InChI=1S/C9H30B6N6/c1-7(2)16-10-15-20(11-17-8(3)4)13-19-14-21(15)12-18-9(5)6/h7-14,16-19H,1-6H3. The summed E-state index contributed by atoms with van der Waals surface area (Å²) in [4.78, 5) is 0. The van der Waals surface area contributed by atoms with E-state index >= 15 is 0 Å². The summed E-state index contributed by atoms with van der Waals surface area (Å²) in [5.74, 6) is 0. The van der Waals surface area contributed by atoms with E-state index in [9.17, 15) is 0 Å². The molecule has 6 nitrogen and oxygen atoms in total. The first kappa shape index (κ1) is 19.2. The largest absolute Gasteiger partial charge is 0.398 e. The van der Waals surface area contributed by atoms with Crippen molar-refractivity contribution in [3.63, 3.8) is 0 Å². The van der Waals surface area contributed by atoms with Gasteiger partial charge in [-0.1, -0.05) is 41.5 Å². The Hall–Kier alpha value is 0.150. The van der Waals surface area contributed by atoms with Gasteiger partial charge in [-0.3, -0.25) is 0 Å². The average molecular weight is 287 g/mol. The summed E-state index contributed by atoms with van der Waals surface area (Å²) in [6.45, 7) is 13.6. The van der Waals surface area contributed by atoms with Crippen molar-refractivity contribution in [1.82, 2.24) is 30.1 Å². The molecule has 12 heteroatoms. The van der Waals surface area contributed by atoms with Crippen LogP contribution in [0.3, 0.4) is 0 Å². The van der Waals surface area contributed by atoms with Crippen LogP contribution in [0.25, 0.3) is 0 Å². The Bertz CT molecular complexity index is 263. The van der Waals surface area contributed by atoms with Crippen molar-refractivity contribution < 1.29 is 0 Å². The quantitative estimate of drug-likeness (QED) is 0.332. The van der Waals surface area contributed by atoms with Gasteiger partial charge in [0, 0.05) is 0 Å². The summed E-state index contributed by atoms with van der Waals surface area (Å²) < 4.78 is 4.92. The van der Waals surface area contributed by atoms with Gasteiger partial charge >= 0.3 is 0 Å². The molecule has 21 heavy (non-hydrogen) atoms. The van der Waals surface area contributed by atoms with E-state index in [2.05, 4.69) is 71.6 Å². The topological polar surface area (TPSA) is 54.6 Å². The zero-order chi connectivity index (χ0) is 15.8. The van der Waals surface area contributed by atoms with Crippen molar-refractivity contribution in [2.45, 2.75) is 59.7 Å². The van der Waals surface area contributed by atoms with E-state index in [-0.39, 0.29) is 0 Å². The molecule has 1 heterocycles. The number of hydrogen-bond donors (Lipinski definition) is 4. The minimum Gasteiger partial charge on any atom is -0.398 e. The van der Waals surface area contributed by atoms with Crippen LogP contribution in [-0.4, -0.2) is 71.8 Å². The van der Waals surface area contributed by atoms with Crippen molar-refractivity contribution in [2.24, 2.45) is 0 Å². The molecule has 0 aromatic carbocycles. The molecule has 0 radical (unpaired) electrons. The molecule has 0 bridgehead atoms. The number of hydrogen-bond acceptors (Lipinski definition) is 6. The van der Waals surface area contributed by atoms with Crippen molar-refractivity contribution in [1.29, 1.82) is 0 Å². The van der Waals surface area contributed by atoms with Crippen LogP contribution in [0.1, 0.15) is 41.5 Å². The summed E-state index contributed by atoms with van der Waals surface area (Å²) in [6.07, 6.45) is 0. The van der Waals surface area contributed by atoms with Gasteiger partial charge in [0.2, 0.25) is 14.2 Å². The highest BCUT2D eigenvalue weighted by atomic mass is 15.2. The first-order valence-corrected chi connectivity index (χ1v) is 8.29. The second kappa shape index (κ2) is 10.0. The van der Waals surface area contributed by atoms with E-state index in [4.69, 9.17) is 0 Å². The zero-order valence-corrected chi connectivity index (χ0v) is 14.7. The van der Waals surface area contributed by atoms with E-state index in [0.29, 0.717) is 25.0 Å². The van der Waals surface area contributed by atoms with E-state index in [1.807, 2.05) is 0 Å². The average Bonchev–Trinajstić information content (AvgIpc) is 2.40. The summed E-state index contributed by atoms with van der Waals surface area (Å²) in [7, 11) is 4.67. The van der Waals surface area contributed by atoms with Crippen LogP contribution in [-0.2, 0) is 0 Å². The fraction of sp³-hybridized carbons (Fsp3) is 1.00. The van der Waals surface area contributed by atoms with Gasteiger partial charge in [0.1, 0.15) is 0 Å². The van der Waals surface area contributed by atoms with Crippen LogP contribution < -0.4 is 20.8 Å². The van der Waals surface area contributed by atoms with Gasteiger partial charge in [0.25, 0.3) is 30.2 Å². The first-order valence-electron chi connectivity index (χ1n) is 8.29. The highest BCUT2D eigenvalue weighted by molar-refractivity contribution is 7.17. The predicted molar refractivity (Wildman–Crippen MR) is 103 cm³/mol. The summed E-state index contributed by atoms with van der Waals surface area (Å²) in [5, 5.41) is 14.1. The molecule has 0 unspecified atom stereocenters. The molecule has 0 aromatic heterocycles. The molecule has 0 atom stereocenters.